The van der Waals surface area contributed by atoms with E-state index < -0.39 is 0 Å². The van der Waals surface area contributed by atoms with Crippen LogP contribution in [0.4, 0.5) is 5.13 Å². The average Bonchev–Trinajstić information content (AvgIpc) is 3.17. The Kier molecular flexibility index (Phi) is 5.74. The number of amides is 1. The third kappa shape index (κ3) is 4.43. The van der Waals surface area contributed by atoms with Gasteiger partial charge in [0.25, 0.3) is 5.91 Å². The minimum Gasteiger partial charge on any atom is -0.377 e. The molecule has 32 heavy (non-hydrogen) atoms. The van der Waals surface area contributed by atoms with Gasteiger partial charge in [0.2, 0.25) is 0 Å². The molecule has 5 rings (SSSR count). The molecule has 0 spiro atoms. The number of nitrogens with zero attached hydrogens (tertiary/aromatic N) is 2. The van der Waals surface area contributed by atoms with E-state index in [1.54, 1.807) is 0 Å². The Labute approximate surface area is 193 Å². The van der Waals surface area contributed by atoms with Gasteiger partial charge in [-0.25, -0.2) is 4.98 Å². The number of rotatable bonds is 4. The summed E-state index contributed by atoms with van der Waals surface area (Å²) in [5.74, 6) is 0.00898. The molecule has 166 valence electrons. The highest BCUT2D eigenvalue weighted by Gasteiger charge is 2.33. The van der Waals surface area contributed by atoms with Crippen LogP contribution in [-0.2, 0) is 17.6 Å². The van der Waals surface area contributed by atoms with Gasteiger partial charge < -0.3 is 15.0 Å². The number of ether oxygens (including phenoxy) is 1. The lowest BCUT2D eigenvalue weighted by Crippen LogP contribution is -2.46. The molecule has 0 radical (unpaired) electrons. The van der Waals surface area contributed by atoms with Crippen LogP contribution in [0.3, 0.4) is 0 Å². The molecule has 1 amide bonds. The molecule has 1 atom stereocenters. The lowest BCUT2D eigenvalue weighted by atomic mass is 9.88. The van der Waals surface area contributed by atoms with Gasteiger partial charge in [0, 0.05) is 13.1 Å². The summed E-state index contributed by atoms with van der Waals surface area (Å²) in [7, 11) is 0. The number of anilines is 1. The van der Waals surface area contributed by atoms with E-state index in [1.807, 2.05) is 6.07 Å². The number of benzene rings is 2. The predicted molar refractivity (Wildman–Crippen MR) is 129 cm³/mol. The summed E-state index contributed by atoms with van der Waals surface area (Å²) in [4.78, 5) is 20.7. The van der Waals surface area contributed by atoms with Crippen molar-refractivity contribution in [2.45, 2.75) is 32.7 Å². The molecule has 6 heteroatoms. The van der Waals surface area contributed by atoms with Gasteiger partial charge in [-0.2, -0.15) is 0 Å². The largest absolute Gasteiger partial charge is 0.377 e. The topological polar surface area (TPSA) is 54.5 Å². The summed E-state index contributed by atoms with van der Waals surface area (Å²) in [6.07, 6.45) is 1.69. The SMILES string of the molecule is CC1(C)CNC(=O)c2sc(N3CCOC[C@@H]3Cc3cccc(-c4ccccc4)c3)nc2C1. The van der Waals surface area contributed by atoms with Crippen LogP contribution in [0.2, 0.25) is 0 Å². The first-order chi connectivity index (χ1) is 15.5. The molecule has 3 heterocycles. The number of carbonyl (C=O) groups excluding carboxylic acids is 1. The maximum atomic E-state index is 12.7. The monoisotopic (exact) mass is 447 g/mol. The summed E-state index contributed by atoms with van der Waals surface area (Å²) >= 11 is 1.53. The number of aromatic nitrogens is 1. The van der Waals surface area contributed by atoms with Gasteiger partial charge in [0.15, 0.2) is 5.13 Å². The van der Waals surface area contributed by atoms with Crippen LogP contribution >= 0.6 is 11.3 Å². The van der Waals surface area contributed by atoms with Crippen molar-refractivity contribution in [3.8, 4) is 11.1 Å². The fourth-order valence-electron chi connectivity index (χ4n) is 4.53. The van der Waals surface area contributed by atoms with Crippen molar-refractivity contribution >= 4 is 22.4 Å². The van der Waals surface area contributed by atoms with Crippen molar-refractivity contribution in [1.29, 1.82) is 0 Å². The third-order valence-electron chi connectivity index (χ3n) is 6.24. The molecule has 0 saturated carbocycles. The van der Waals surface area contributed by atoms with Gasteiger partial charge in [-0.15, -0.1) is 0 Å². The summed E-state index contributed by atoms with van der Waals surface area (Å²) in [6, 6.07) is 19.4. The van der Waals surface area contributed by atoms with Gasteiger partial charge >= 0.3 is 0 Å². The molecular formula is C26H29N3O2S. The summed E-state index contributed by atoms with van der Waals surface area (Å²) in [6.45, 7) is 7.18. The quantitative estimate of drug-likeness (QED) is 0.637. The Hall–Kier alpha value is -2.70. The van der Waals surface area contributed by atoms with Crippen molar-refractivity contribution in [3.05, 3.63) is 70.7 Å². The van der Waals surface area contributed by atoms with E-state index in [0.717, 1.165) is 35.1 Å². The van der Waals surface area contributed by atoms with Crippen molar-refractivity contribution in [3.63, 3.8) is 0 Å². The van der Waals surface area contributed by atoms with Crippen molar-refractivity contribution in [1.82, 2.24) is 10.3 Å². The van der Waals surface area contributed by atoms with E-state index >= 15 is 0 Å². The molecule has 1 fully saturated rings. The normalized spacial score (nSPS) is 20.4. The maximum Gasteiger partial charge on any atom is 0.263 e. The van der Waals surface area contributed by atoms with E-state index in [-0.39, 0.29) is 17.4 Å². The second-order valence-corrected chi connectivity index (χ2v) is 10.5. The van der Waals surface area contributed by atoms with E-state index in [2.05, 4.69) is 72.6 Å². The lowest BCUT2D eigenvalue weighted by molar-refractivity contribution is 0.0940. The zero-order valence-electron chi connectivity index (χ0n) is 18.6. The Morgan fingerprint density at radius 3 is 2.81 bits per heavy atom. The third-order valence-corrected chi connectivity index (χ3v) is 7.38. The highest BCUT2D eigenvalue weighted by molar-refractivity contribution is 7.17. The fraction of sp³-hybridized carbons (Fsp3) is 0.385. The van der Waals surface area contributed by atoms with Gasteiger partial charge in [-0.3, -0.25) is 4.79 Å². The van der Waals surface area contributed by atoms with Crippen LogP contribution in [0.5, 0.6) is 0 Å². The van der Waals surface area contributed by atoms with Gasteiger partial charge in [-0.05, 0) is 34.9 Å². The van der Waals surface area contributed by atoms with Crippen molar-refractivity contribution in [2.24, 2.45) is 5.41 Å². The van der Waals surface area contributed by atoms with E-state index in [4.69, 9.17) is 9.72 Å². The molecule has 1 N–H and O–H groups in total. The fourth-order valence-corrected chi connectivity index (χ4v) is 5.63. The Morgan fingerprint density at radius 1 is 1.16 bits per heavy atom. The zero-order chi connectivity index (χ0) is 22.1. The number of fused-ring (bicyclic) bond motifs is 1. The van der Waals surface area contributed by atoms with Crippen LogP contribution in [0.1, 0.15) is 34.8 Å². The molecule has 3 aromatic rings. The number of nitrogens with one attached hydrogen (secondary N) is 1. The van der Waals surface area contributed by atoms with Gasteiger partial charge in [0.1, 0.15) is 4.88 Å². The first-order valence-electron chi connectivity index (χ1n) is 11.3. The summed E-state index contributed by atoms with van der Waals surface area (Å²) < 4.78 is 5.85. The molecule has 0 unspecified atom stereocenters. The smallest absolute Gasteiger partial charge is 0.263 e. The Balaban J connectivity index is 1.40. The minimum atomic E-state index is 0.00847. The number of morpholine rings is 1. The van der Waals surface area contributed by atoms with E-state index in [9.17, 15) is 4.79 Å². The highest BCUT2D eigenvalue weighted by Crippen LogP contribution is 2.35. The van der Waals surface area contributed by atoms with E-state index in [0.29, 0.717) is 19.8 Å². The highest BCUT2D eigenvalue weighted by atomic mass is 32.1. The molecule has 2 aliphatic rings. The molecule has 0 bridgehead atoms. The molecule has 2 aliphatic heterocycles. The van der Waals surface area contributed by atoms with Crippen LogP contribution in [0, 0.1) is 5.41 Å². The van der Waals surface area contributed by atoms with Gasteiger partial charge in [-0.1, -0.05) is 79.8 Å². The van der Waals surface area contributed by atoms with Crippen LogP contribution in [0.15, 0.2) is 54.6 Å². The predicted octanol–water partition coefficient (Wildman–Crippen LogP) is 4.57. The maximum absolute atomic E-state index is 12.7. The first kappa shape index (κ1) is 21.2. The summed E-state index contributed by atoms with van der Waals surface area (Å²) in [5, 5.41) is 4.01. The number of thiazole rings is 1. The van der Waals surface area contributed by atoms with Crippen molar-refractivity contribution < 1.29 is 9.53 Å². The Bertz CT molecular complexity index is 1110. The van der Waals surface area contributed by atoms with Gasteiger partial charge in [0.05, 0.1) is 24.9 Å². The first-order valence-corrected chi connectivity index (χ1v) is 12.1. The van der Waals surface area contributed by atoms with Crippen molar-refractivity contribution in [2.75, 3.05) is 31.2 Å². The number of hydrogen-bond donors (Lipinski definition) is 1. The molecule has 1 saturated heterocycles. The second-order valence-electron chi connectivity index (χ2n) is 9.49. The summed E-state index contributed by atoms with van der Waals surface area (Å²) in [5.41, 5.74) is 4.67. The number of hydrogen-bond acceptors (Lipinski definition) is 5. The zero-order valence-corrected chi connectivity index (χ0v) is 19.5. The average molecular weight is 448 g/mol. The molecular weight excluding hydrogens is 418 g/mol. The molecule has 0 aliphatic carbocycles. The molecule has 1 aromatic heterocycles. The minimum absolute atomic E-state index is 0.00847. The second kappa shape index (κ2) is 8.68. The van der Waals surface area contributed by atoms with Crippen LogP contribution in [0.25, 0.3) is 11.1 Å². The van der Waals surface area contributed by atoms with E-state index in [1.165, 1.54) is 28.0 Å². The van der Waals surface area contributed by atoms with Crippen LogP contribution < -0.4 is 10.2 Å². The standard InChI is InChI=1S/C26H29N3O2S/c1-26(2)15-22-23(24(30)27-17-26)32-25(28-22)29-11-12-31-16-21(29)14-18-7-6-10-20(13-18)19-8-4-3-5-9-19/h3-10,13,21H,11-12,14-17H2,1-2H3,(H,27,30)/t21-/m0/s1. The molecule has 2 aromatic carbocycles. The lowest BCUT2D eigenvalue weighted by Gasteiger charge is -2.35. The Morgan fingerprint density at radius 2 is 1.97 bits per heavy atom. The number of carbonyl (C=O) groups is 1. The van der Waals surface area contributed by atoms with Crippen LogP contribution in [-0.4, -0.2) is 43.2 Å². The molecule has 5 nitrogen and oxygen atoms in total.